The minimum absolute atomic E-state index is 0.294. The molecule has 0 bridgehead atoms. The number of amides is 2. The van der Waals surface area contributed by atoms with Crippen molar-refractivity contribution in [1.82, 2.24) is 10.9 Å². The van der Waals surface area contributed by atoms with E-state index in [1.54, 1.807) is 30.3 Å². The molecule has 7 heteroatoms. The van der Waals surface area contributed by atoms with E-state index in [2.05, 4.69) is 10.9 Å². The molecule has 0 atom stereocenters. The smallest absolute Gasteiger partial charge is 0.276 e. The molecule has 0 heterocycles. The molecule has 0 aromatic heterocycles. The number of hydrazine groups is 1. The number of carbonyl (C=O) groups excluding carboxylic acids is 2. The number of nitrogens with one attached hydrogen (secondary N) is 2. The zero-order chi connectivity index (χ0) is 18.8. The van der Waals surface area contributed by atoms with Crippen LogP contribution in [0.2, 0.25) is 0 Å². The van der Waals surface area contributed by atoms with Crippen LogP contribution in [0.3, 0.4) is 0 Å². The van der Waals surface area contributed by atoms with Gasteiger partial charge in [-0.25, -0.2) is 4.39 Å². The van der Waals surface area contributed by atoms with Crippen LogP contribution >= 0.6 is 0 Å². The van der Waals surface area contributed by atoms with Gasteiger partial charge in [0, 0.05) is 6.08 Å². The van der Waals surface area contributed by atoms with Gasteiger partial charge in [0.1, 0.15) is 5.82 Å². The topological polar surface area (TPSA) is 76.7 Å². The molecule has 0 saturated heterocycles. The Labute approximate surface area is 150 Å². The van der Waals surface area contributed by atoms with Gasteiger partial charge in [-0.05, 0) is 42.8 Å². The minimum atomic E-state index is -0.558. The quantitative estimate of drug-likeness (QED) is 0.589. The van der Waals surface area contributed by atoms with E-state index in [1.165, 1.54) is 30.4 Å². The van der Waals surface area contributed by atoms with Gasteiger partial charge in [0.15, 0.2) is 18.1 Å². The molecule has 2 aromatic carbocycles. The molecule has 2 aromatic rings. The molecule has 0 spiro atoms. The largest absolute Gasteiger partial charge is 0.490 e. The molecule has 26 heavy (non-hydrogen) atoms. The summed E-state index contributed by atoms with van der Waals surface area (Å²) >= 11 is 0. The predicted octanol–water partition coefficient (Wildman–Crippen LogP) is 2.46. The fraction of sp³-hybridized carbons (Fsp3) is 0.158. The summed E-state index contributed by atoms with van der Waals surface area (Å²) in [6, 6.07) is 12.7. The molecule has 0 aliphatic rings. The lowest BCUT2D eigenvalue weighted by atomic mass is 10.2. The van der Waals surface area contributed by atoms with Crippen molar-refractivity contribution in [1.29, 1.82) is 0 Å². The maximum Gasteiger partial charge on any atom is 0.276 e. The van der Waals surface area contributed by atoms with Crippen LogP contribution in [0.4, 0.5) is 4.39 Å². The number of hydrogen-bond donors (Lipinski definition) is 2. The molecular weight excluding hydrogens is 339 g/mol. The number of hydrogen-bond acceptors (Lipinski definition) is 4. The number of para-hydroxylation sites is 2. The second kappa shape index (κ2) is 9.83. The van der Waals surface area contributed by atoms with Gasteiger partial charge in [0.25, 0.3) is 11.8 Å². The van der Waals surface area contributed by atoms with Crippen molar-refractivity contribution in [3.63, 3.8) is 0 Å². The molecule has 0 aliphatic carbocycles. The van der Waals surface area contributed by atoms with Gasteiger partial charge < -0.3 is 9.47 Å². The average Bonchev–Trinajstić information content (AvgIpc) is 2.64. The van der Waals surface area contributed by atoms with E-state index in [-0.39, 0.29) is 6.61 Å². The zero-order valence-electron chi connectivity index (χ0n) is 14.2. The first-order valence-electron chi connectivity index (χ1n) is 7.95. The van der Waals surface area contributed by atoms with Crippen molar-refractivity contribution >= 4 is 17.9 Å². The van der Waals surface area contributed by atoms with Gasteiger partial charge in [-0.1, -0.05) is 24.3 Å². The highest BCUT2D eigenvalue weighted by atomic mass is 19.1. The monoisotopic (exact) mass is 358 g/mol. The summed E-state index contributed by atoms with van der Waals surface area (Å²) in [6.07, 6.45) is 2.61. The number of rotatable bonds is 7. The van der Waals surface area contributed by atoms with Crippen LogP contribution in [0.25, 0.3) is 6.08 Å². The lowest BCUT2D eigenvalue weighted by Gasteiger charge is -2.11. The number of carbonyl (C=O) groups is 2. The minimum Gasteiger partial charge on any atom is -0.490 e. The lowest BCUT2D eigenvalue weighted by molar-refractivity contribution is -0.128. The Morgan fingerprint density at radius 1 is 1.04 bits per heavy atom. The van der Waals surface area contributed by atoms with E-state index >= 15 is 0 Å². The standard InChI is InChI=1S/C19H19FN2O4/c1-2-25-16-8-3-4-9-17(16)26-13-19(24)22-21-18(23)11-10-14-6-5-7-15(20)12-14/h3-12H,2,13H2,1H3,(H,21,23)(H,22,24). The Hall–Kier alpha value is -3.35. The Morgan fingerprint density at radius 3 is 2.46 bits per heavy atom. The van der Waals surface area contributed by atoms with Gasteiger partial charge in [-0.15, -0.1) is 0 Å². The summed E-state index contributed by atoms with van der Waals surface area (Å²) < 4.78 is 23.8. The molecule has 0 fully saturated rings. The Kier molecular flexibility index (Phi) is 7.17. The third-order valence-electron chi connectivity index (χ3n) is 3.11. The summed E-state index contributed by atoms with van der Waals surface area (Å²) in [6.45, 7) is 2.02. The van der Waals surface area contributed by atoms with Gasteiger partial charge in [0.05, 0.1) is 6.61 Å². The Bertz CT molecular complexity index is 793. The SMILES string of the molecule is CCOc1ccccc1OCC(=O)NNC(=O)C=Cc1cccc(F)c1. The second-order valence-corrected chi connectivity index (χ2v) is 5.09. The van der Waals surface area contributed by atoms with Crippen LogP contribution in [0.5, 0.6) is 11.5 Å². The Balaban J connectivity index is 1.77. The van der Waals surface area contributed by atoms with Crippen LogP contribution in [0.15, 0.2) is 54.6 Å². The molecule has 2 N–H and O–H groups in total. The van der Waals surface area contributed by atoms with Gasteiger partial charge >= 0.3 is 0 Å². The van der Waals surface area contributed by atoms with Crippen LogP contribution in [-0.4, -0.2) is 25.0 Å². The van der Waals surface area contributed by atoms with E-state index in [0.29, 0.717) is 23.7 Å². The first kappa shape index (κ1) is 19.0. The van der Waals surface area contributed by atoms with Crippen LogP contribution < -0.4 is 20.3 Å². The molecule has 0 aliphatic heterocycles. The maximum absolute atomic E-state index is 13.0. The van der Waals surface area contributed by atoms with Crippen molar-refractivity contribution in [3.05, 3.63) is 66.0 Å². The van der Waals surface area contributed by atoms with Crippen molar-refractivity contribution in [3.8, 4) is 11.5 Å². The van der Waals surface area contributed by atoms with Crippen molar-refractivity contribution < 1.29 is 23.5 Å². The number of benzene rings is 2. The van der Waals surface area contributed by atoms with Gasteiger partial charge in [0.2, 0.25) is 0 Å². The van der Waals surface area contributed by atoms with Crippen molar-refractivity contribution in [2.24, 2.45) is 0 Å². The summed E-state index contributed by atoms with van der Waals surface area (Å²) in [4.78, 5) is 23.4. The Morgan fingerprint density at radius 2 is 1.77 bits per heavy atom. The van der Waals surface area contributed by atoms with Gasteiger partial charge in [-0.2, -0.15) is 0 Å². The first-order chi connectivity index (χ1) is 12.6. The lowest BCUT2D eigenvalue weighted by Crippen LogP contribution is -2.43. The molecule has 2 rings (SSSR count). The van der Waals surface area contributed by atoms with Crippen LogP contribution in [-0.2, 0) is 9.59 Å². The molecule has 6 nitrogen and oxygen atoms in total. The molecular formula is C19H19FN2O4. The third kappa shape index (κ3) is 6.27. The maximum atomic E-state index is 13.0. The average molecular weight is 358 g/mol. The van der Waals surface area contributed by atoms with E-state index in [4.69, 9.17) is 9.47 Å². The third-order valence-corrected chi connectivity index (χ3v) is 3.11. The number of ether oxygens (including phenoxy) is 2. The molecule has 0 saturated carbocycles. The van der Waals surface area contributed by atoms with E-state index < -0.39 is 17.6 Å². The summed E-state index contributed by atoms with van der Waals surface area (Å²) in [5.41, 5.74) is 4.97. The summed E-state index contributed by atoms with van der Waals surface area (Å²) in [7, 11) is 0. The normalized spacial score (nSPS) is 10.4. The fourth-order valence-electron chi connectivity index (χ4n) is 1.98. The highest BCUT2D eigenvalue weighted by Gasteiger charge is 2.07. The van der Waals surface area contributed by atoms with E-state index in [9.17, 15) is 14.0 Å². The van der Waals surface area contributed by atoms with Crippen LogP contribution in [0.1, 0.15) is 12.5 Å². The molecule has 136 valence electrons. The summed E-state index contributed by atoms with van der Waals surface area (Å²) in [5, 5.41) is 0. The van der Waals surface area contributed by atoms with Gasteiger partial charge in [-0.3, -0.25) is 20.4 Å². The molecule has 2 amide bonds. The van der Waals surface area contributed by atoms with E-state index in [1.807, 2.05) is 6.92 Å². The highest BCUT2D eigenvalue weighted by Crippen LogP contribution is 2.26. The second-order valence-electron chi connectivity index (χ2n) is 5.09. The van der Waals surface area contributed by atoms with Crippen LogP contribution in [0, 0.1) is 5.82 Å². The predicted molar refractivity (Wildman–Crippen MR) is 94.8 cm³/mol. The zero-order valence-corrected chi connectivity index (χ0v) is 14.2. The van der Waals surface area contributed by atoms with Crippen molar-refractivity contribution in [2.45, 2.75) is 6.92 Å². The fourth-order valence-corrected chi connectivity index (χ4v) is 1.98. The summed E-state index contributed by atoms with van der Waals surface area (Å²) in [5.74, 6) is -0.529. The van der Waals surface area contributed by atoms with E-state index in [0.717, 1.165) is 0 Å². The highest BCUT2D eigenvalue weighted by molar-refractivity contribution is 5.93. The number of halogens is 1. The molecule has 0 radical (unpaired) electrons. The van der Waals surface area contributed by atoms with Crippen molar-refractivity contribution in [2.75, 3.05) is 13.2 Å². The first-order valence-corrected chi connectivity index (χ1v) is 7.95. The molecule has 0 unspecified atom stereocenters.